The van der Waals surface area contributed by atoms with E-state index in [1.165, 1.54) is 10.7 Å². The lowest BCUT2D eigenvalue weighted by Gasteiger charge is -2.42. The molecule has 0 spiro atoms. The molecule has 0 aliphatic carbocycles. The van der Waals surface area contributed by atoms with Gasteiger partial charge in [0.05, 0.1) is 23.4 Å². The summed E-state index contributed by atoms with van der Waals surface area (Å²) in [7, 11) is 0. The molecule has 0 aromatic carbocycles. The number of thiazole rings is 1. The number of ether oxygens (including phenoxy) is 1. The third kappa shape index (κ3) is 3.18. The van der Waals surface area contributed by atoms with Crippen molar-refractivity contribution in [2.45, 2.75) is 71.1 Å². The first-order valence-corrected chi connectivity index (χ1v) is 8.21. The fraction of sp³-hybridized carbons (Fsp3) is 0.800. The quantitative estimate of drug-likeness (QED) is 0.915. The highest BCUT2D eigenvalue weighted by atomic mass is 32.1. The molecule has 1 saturated heterocycles. The average molecular weight is 282 g/mol. The molecule has 3 nitrogen and oxygen atoms in total. The van der Waals surface area contributed by atoms with Gasteiger partial charge >= 0.3 is 0 Å². The molecular weight excluding hydrogens is 256 g/mol. The maximum absolute atomic E-state index is 5.90. The minimum atomic E-state index is 0.00361. The Morgan fingerprint density at radius 1 is 1.42 bits per heavy atom. The summed E-state index contributed by atoms with van der Waals surface area (Å²) in [5.41, 5.74) is 1.22. The molecule has 2 heterocycles. The van der Waals surface area contributed by atoms with Crippen molar-refractivity contribution in [1.82, 2.24) is 10.3 Å². The first kappa shape index (κ1) is 14.9. The molecule has 0 amide bonds. The molecule has 1 aliphatic heterocycles. The van der Waals surface area contributed by atoms with Gasteiger partial charge in [0.25, 0.3) is 0 Å². The molecule has 1 aliphatic rings. The number of hydrogen-bond donors (Lipinski definition) is 1. The maximum Gasteiger partial charge on any atom is 0.113 e. The van der Waals surface area contributed by atoms with Crippen LogP contribution in [0.5, 0.6) is 0 Å². The molecule has 1 N–H and O–H groups in total. The summed E-state index contributed by atoms with van der Waals surface area (Å²) in [4.78, 5) is 4.89. The van der Waals surface area contributed by atoms with Gasteiger partial charge in [-0.05, 0) is 39.2 Å². The second-order valence-corrected chi connectivity index (χ2v) is 6.87. The summed E-state index contributed by atoms with van der Waals surface area (Å²) in [6, 6.07) is 0. The van der Waals surface area contributed by atoms with Crippen molar-refractivity contribution in [3.05, 3.63) is 16.1 Å². The van der Waals surface area contributed by atoms with Gasteiger partial charge in [0, 0.05) is 5.38 Å². The molecule has 4 heteroatoms. The normalized spacial score (nSPS) is 31.9. The minimum absolute atomic E-state index is 0.00361. The van der Waals surface area contributed by atoms with E-state index in [1.807, 2.05) is 0 Å². The maximum atomic E-state index is 5.90. The van der Waals surface area contributed by atoms with Crippen molar-refractivity contribution in [2.24, 2.45) is 0 Å². The molecule has 1 fully saturated rings. The summed E-state index contributed by atoms with van der Waals surface area (Å²) in [5.74, 6) is 0.498. The summed E-state index contributed by atoms with van der Waals surface area (Å²) < 4.78 is 5.90. The molecule has 0 saturated carbocycles. The van der Waals surface area contributed by atoms with Crippen LogP contribution in [0.1, 0.15) is 64.1 Å². The van der Waals surface area contributed by atoms with E-state index in [1.54, 1.807) is 11.3 Å². The van der Waals surface area contributed by atoms with E-state index in [-0.39, 0.29) is 17.7 Å². The minimum Gasteiger partial charge on any atom is -0.375 e. The van der Waals surface area contributed by atoms with Crippen molar-refractivity contribution in [2.75, 3.05) is 6.54 Å². The van der Waals surface area contributed by atoms with E-state index in [0.717, 1.165) is 19.4 Å². The van der Waals surface area contributed by atoms with E-state index in [0.29, 0.717) is 5.92 Å². The van der Waals surface area contributed by atoms with Gasteiger partial charge in [-0.1, -0.05) is 20.8 Å². The lowest BCUT2D eigenvalue weighted by atomic mass is 9.84. The zero-order chi connectivity index (χ0) is 14.0. The van der Waals surface area contributed by atoms with E-state index in [9.17, 15) is 0 Å². The van der Waals surface area contributed by atoms with Crippen molar-refractivity contribution in [1.29, 1.82) is 0 Å². The van der Waals surface area contributed by atoms with Crippen molar-refractivity contribution in [3.63, 3.8) is 0 Å². The summed E-state index contributed by atoms with van der Waals surface area (Å²) in [5, 5.41) is 7.14. The zero-order valence-electron chi connectivity index (χ0n) is 12.7. The van der Waals surface area contributed by atoms with Crippen LogP contribution in [-0.4, -0.2) is 23.7 Å². The zero-order valence-corrected chi connectivity index (χ0v) is 13.5. The van der Waals surface area contributed by atoms with Gasteiger partial charge in [-0.15, -0.1) is 11.3 Å². The Morgan fingerprint density at radius 2 is 2.05 bits per heavy atom. The van der Waals surface area contributed by atoms with Gasteiger partial charge in [-0.2, -0.15) is 0 Å². The van der Waals surface area contributed by atoms with Crippen LogP contribution < -0.4 is 5.32 Å². The van der Waals surface area contributed by atoms with Gasteiger partial charge in [0.2, 0.25) is 0 Å². The fourth-order valence-electron chi connectivity index (χ4n) is 3.06. The van der Waals surface area contributed by atoms with Crippen LogP contribution >= 0.6 is 11.3 Å². The third-order valence-corrected chi connectivity index (χ3v) is 4.84. The van der Waals surface area contributed by atoms with Crippen molar-refractivity contribution in [3.8, 4) is 0 Å². The number of nitrogens with zero attached hydrogens (tertiary/aromatic N) is 1. The summed E-state index contributed by atoms with van der Waals surface area (Å²) >= 11 is 1.80. The van der Waals surface area contributed by atoms with E-state index < -0.39 is 0 Å². The van der Waals surface area contributed by atoms with Gasteiger partial charge in [-0.25, -0.2) is 4.98 Å². The Morgan fingerprint density at radius 3 is 2.53 bits per heavy atom. The summed E-state index contributed by atoms with van der Waals surface area (Å²) in [6.07, 6.45) is 2.59. The molecular formula is C15H26N2OS. The third-order valence-electron chi connectivity index (χ3n) is 3.77. The van der Waals surface area contributed by atoms with Crippen LogP contribution in [0.4, 0.5) is 0 Å². The molecule has 0 bridgehead atoms. The molecule has 2 rings (SSSR count). The topological polar surface area (TPSA) is 34.2 Å². The molecule has 0 radical (unpaired) electrons. The largest absolute Gasteiger partial charge is 0.375 e. The Balaban J connectivity index is 2.31. The molecule has 1 aromatic rings. The number of aromatic nitrogens is 1. The highest BCUT2D eigenvalue weighted by Crippen LogP contribution is 2.39. The van der Waals surface area contributed by atoms with Crippen LogP contribution in [0.3, 0.4) is 0 Å². The lowest BCUT2D eigenvalue weighted by molar-refractivity contribution is -0.0709. The average Bonchev–Trinajstić information content (AvgIpc) is 2.77. The Hall–Kier alpha value is -0.450. The van der Waals surface area contributed by atoms with Crippen LogP contribution in [-0.2, 0) is 10.3 Å². The smallest absolute Gasteiger partial charge is 0.113 e. The molecule has 1 aromatic heterocycles. The van der Waals surface area contributed by atoms with Gasteiger partial charge in [0.1, 0.15) is 5.01 Å². The number of rotatable bonds is 4. The Labute approximate surface area is 120 Å². The number of hydrogen-bond acceptors (Lipinski definition) is 4. The Bertz CT molecular complexity index is 406. The molecule has 2 unspecified atom stereocenters. The van der Waals surface area contributed by atoms with E-state index >= 15 is 0 Å². The summed E-state index contributed by atoms with van der Waals surface area (Å²) in [6.45, 7) is 11.9. The molecule has 108 valence electrons. The van der Waals surface area contributed by atoms with Gasteiger partial charge in [-0.3, -0.25) is 0 Å². The first-order valence-electron chi connectivity index (χ1n) is 7.33. The van der Waals surface area contributed by atoms with Crippen LogP contribution in [0.25, 0.3) is 0 Å². The van der Waals surface area contributed by atoms with E-state index in [2.05, 4.69) is 45.3 Å². The predicted octanol–water partition coefficient (Wildman–Crippen LogP) is 3.66. The van der Waals surface area contributed by atoms with Crippen LogP contribution in [0, 0.1) is 0 Å². The van der Waals surface area contributed by atoms with Crippen molar-refractivity contribution < 1.29 is 4.74 Å². The number of nitrogens with one attached hydrogen (secondary N) is 1. The first-order chi connectivity index (χ1) is 8.97. The van der Waals surface area contributed by atoms with Crippen molar-refractivity contribution >= 4 is 11.3 Å². The fourth-order valence-corrected chi connectivity index (χ4v) is 4.24. The van der Waals surface area contributed by atoms with Crippen LogP contribution in [0.15, 0.2) is 5.38 Å². The molecule has 19 heavy (non-hydrogen) atoms. The standard InChI is InChI=1S/C15H26N2OS/c1-6-16-15(7-11(4)18-12(5)8-15)14-17-13(9-19-14)10(2)3/h9-12,16H,6-8H2,1-5H3. The highest BCUT2D eigenvalue weighted by Gasteiger charge is 2.41. The monoisotopic (exact) mass is 282 g/mol. The second-order valence-electron chi connectivity index (χ2n) is 6.01. The lowest BCUT2D eigenvalue weighted by Crippen LogP contribution is -2.51. The molecule has 2 atom stereocenters. The van der Waals surface area contributed by atoms with Gasteiger partial charge in [0.15, 0.2) is 0 Å². The van der Waals surface area contributed by atoms with Gasteiger partial charge < -0.3 is 10.1 Å². The SMILES string of the molecule is CCNC1(c2nc(C(C)C)cs2)CC(C)OC(C)C1. The van der Waals surface area contributed by atoms with E-state index in [4.69, 9.17) is 9.72 Å². The van der Waals surface area contributed by atoms with Crippen LogP contribution in [0.2, 0.25) is 0 Å². The highest BCUT2D eigenvalue weighted by molar-refractivity contribution is 7.09. The second kappa shape index (κ2) is 5.90. The Kier molecular flexibility index (Phi) is 4.64. The predicted molar refractivity (Wildman–Crippen MR) is 80.8 cm³/mol.